The van der Waals surface area contributed by atoms with Gasteiger partial charge in [0, 0.05) is 24.1 Å². The Kier molecular flexibility index (Phi) is 5.00. The summed E-state index contributed by atoms with van der Waals surface area (Å²) in [7, 11) is 0. The summed E-state index contributed by atoms with van der Waals surface area (Å²) in [5, 5.41) is 6.10. The van der Waals surface area contributed by atoms with Gasteiger partial charge in [0.15, 0.2) is 0 Å². The van der Waals surface area contributed by atoms with Crippen LogP contribution in [0, 0.1) is 23.2 Å². The molecule has 2 amide bonds. The van der Waals surface area contributed by atoms with Gasteiger partial charge in [-0.1, -0.05) is 32.0 Å². The number of nitrogens with one attached hydrogen (secondary N) is 2. The van der Waals surface area contributed by atoms with Gasteiger partial charge in [-0.2, -0.15) is 0 Å². The maximum Gasteiger partial charge on any atom is 0.226 e. The van der Waals surface area contributed by atoms with E-state index in [1.165, 1.54) is 19.3 Å². The standard InChI is InChI=1S/C23H32N2O2/c1-15(2)19-5-3-4-6-20(19)25-21(26)7-8-24-22(27)23-12-16-9-17(13-23)11-18(10-16)14-23/h3-6,15-18H,7-14H2,1-2H3,(H,24,27)(H,25,26). The van der Waals surface area contributed by atoms with Crippen LogP contribution >= 0.6 is 0 Å². The molecule has 0 atom stereocenters. The van der Waals surface area contributed by atoms with Gasteiger partial charge in [-0.25, -0.2) is 0 Å². The summed E-state index contributed by atoms with van der Waals surface area (Å²) >= 11 is 0. The van der Waals surface area contributed by atoms with E-state index < -0.39 is 0 Å². The molecule has 4 aliphatic rings. The molecule has 0 heterocycles. The molecule has 4 nitrogen and oxygen atoms in total. The van der Waals surface area contributed by atoms with E-state index in [1.54, 1.807) is 0 Å². The minimum atomic E-state index is -0.129. The number of hydrogen-bond donors (Lipinski definition) is 2. The number of benzene rings is 1. The van der Waals surface area contributed by atoms with Crippen molar-refractivity contribution in [3.05, 3.63) is 29.8 Å². The van der Waals surface area contributed by atoms with Crippen LogP contribution in [0.1, 0.15) is 70.3 Å². The molecule has 0 unspecified atom stereocenters. The minimum absolute atomic E-state index is 0.0334. The Morgan fingerprint density at radius 1 is 1.04 bits per heavy atom. The molecule has 0 spiro atoms. The van der Waals surface area contributed by atoms with Crippen LogP contribution in [-0.2, 0) is 9.59 Å². The van der Waals surface area contributed by atoms with E-state index >= 15 is 0 Å². The van der Waals surface area contributed by atoms with Crippen molar-refractivity contribution in [3.8, 4) is 0 Å². The molecule has 4 aliphatic carbocycles. The predicted octanol–water partition coefficient (Wildman–Crippen LogP) is 4.47. The first-order chi connectivity index (χ1) is 12.9. The fourth-order valence-corrected chi connectivity index (χ4v) is 6.19. The van der Waals surface area contributed by atoms with Crippen LogP contribution in [-0.4, -0.2) is 18.4 Å². The average molecular weight is 369 g/mol. The maximum absolute atomic E-state index is 12.9. The lowest BCUT2D eigenvalue weighted by Gasteiger charge is -2.55. The lowest BCUT2D eigenvalue weighted by molar-refractivity contribution is -0.146. The summed E-state index contributed by atoms with van der Waals surface area (Å²) < 4.78 is 0. The minimum Gasteiger partial charge on any atom is -0.355 e. The van der Waals surface area contributed by atoms with Crippen molar-refractivity contribution in [2.75, 3.05) is 11.9 Å². The van der Waals surface area contributed by atoms with E-state index in [2.05, 4.69) is 30.5 Å². The zero-order chi connectivity index (χ0) is 19.0. The molecule has 1 aromatic rings. The van der Waals surface area contributed by atoms with Gasteiger partial charge >= 0.3 is 0 Å². The highest BCUT2D eigenvalue weighted by Crippen LogP contribution is 2.60. The molecular formula is C23H32N2O2. The highest BCUT2D eigenvalue weighted by atomic mass is 16.2. The van der Waals surface area contributed by atoms with Gasteiger partial charge in [-0.05, 0) is 73.8 Å². The van der Waals surface area contributed by atoms with Gasteiger partial charge in [0.25, 0.3) is 0 Å². The summed E-state index contributed by atoms with van der Waals surface area (Å²) in [6.45, 7) is 4.67. The van der Waals surface area contributed by atoms with E-state index in [9.17, 15) is 9.59 Å². The lowest BCUT2D eigenvalue weighted by Crippen LogP contribution is -2.53. The molecule has 5 rings (SSSR count). The summed E-state index contributed by atoms with van der Waals surface area (Å²) in [4.78, 5) is 25.3. The first-order valence-electron chi connectivity index (χ1n) is 10.6. The third-order valence-corrected chi connectivity index (χ3v) is 7.01. The molecule has 4 saturated carbocycles. The number of amides is 2. The number of anilines is 1. The highest BCUT2D eigenvalue weighted by Gasteiger charge is 2.54. The van der Waals surface area contributed by atoms with Crippen LogP contribution in [0.4, 0.5) is 5.69 Å². The van der Waals surface area contributed by atoms with Crippen molar-refractivity contribution >= 4 is 17.5 Å². The molecule has 2 N–H and O–H groups in total. The largest absolute Gasteiger partial charge is 0.355 e. The van der Waals surface area contributed by atoms with Crippen molar-refractivity contribution in [1.82, 2.24) is 5.32 Å². The highest BCUT2D eigenvalue weighted by molar-refractivity contribution is 5.92. The normalized spacial score (nSPS) is 31.1. The molecule has 0 aliphatic heterocycles. The van der Waals surface area contributed by atoms with Crippen LogP contribution in [0.25, 0.3) is 0 Å². The Morgan fingerprint density at radius 3 is 2.22 bits per heavy atom. The quantitative estimate of drug-likeness (QED) is 0.778. The number of hydrogen-bond acceptors (Lipinski definition) is 2. The monoisotopic (exact) mass is 368 g/mol. The van der Waals surface area contributed by atoms with Gasteiger partial charge in [0.05, 0.1) is 0 Å². The summed E-state index contributed by atoms with van der Waals surface area (Å²) in [5.74, 6) is 2.82. The second-order valence-corrected chi connectivity index (χ2v) is 9.49. The van der Waals surface area contributed by atoms with E-state index in [1.807, 2.05) is 18.2 Å². The van der Waals surface area contributed by atoms with Gasteiger partial charge in [-0.15, -0.1) is 0 Å². The molecule has 0 saturated heterocycles. The Balaban J connectivity index is 1.29. The molecule has 4 heteroatoms. The number of carbonyl (C=O) groups excluding carboxylic acids is 2. The molecule has 0 radical (unpaired) electrons. The predicted molar refractivity (Wildman–Crippen MR) is 107 cm³/mol. The number of para-hydroxylation sites is 1. The van der Waals surface area contributed by atoms with Gasteiger partial charge in [-0.3, -0.25) is 9.59 Å². The first kappa shape index (κ1) is 18.5. The van der Waals surface area contributed by atoms with E-state index in [0.29, 0.717) is 18.9 Å². The Hall–Kier alpha value is -1.84. The summed E-state index contributed by atoms with van der Waals surface area (Å²) in [5.41, 5.74) is 1.89. The lowest BCUT2D eigenvalue weighted by atomic mass is 9.49. The number of rotatable bonds is 6. The maximum atomic E-state index is 12.9. The fraction of sp³-hybridized carbons (Fsp3) is 0.652. The van der Waals surface area contributed by atoms with Crippen LogP contribution in [0.15, 0.2) is 24.3 Å². The van der Waals surface area contributed by atoms with E-state index in [4.69, 9.17) is 0 Å². The Labute approximate surface area is 162 Å². The summed E-state index contributed by atoms with van der Waals surface area (Å²) in [6.07, 6.45) is 7.54. The third kappa shape index (κ3) is 3.76. The molecule has 146 valence electrons. The smallest absolute Gasteiger partial charge is 0.226 e. The second-order valence-electron chi connectivity index (χ2n) is 9.49. The van der Waals surface area contributed by atoms with Gasteiger partial charge < -0.3 is 10.6 Å². The van der Waals surface area contributed by atoms with Gasteiger partial charge in [0.1, 0.15) is 0 Å². The molecule has 1 aromatic carbocycles. The molecular weight excluding hydrogens is 336 g/mol. The van der Waals surface area contributed by atoms with Crippen LogP contribution in [0.5, 0.6) is 0 Å². The second kappa shape index (κ2) is 7.29. The van der Waals surface area contributed by atoms with Crippen molar-refractivity contribution < 1.29 is 9.59 Å². The molecule has 4 bridgehead atoms. The zero-order valence-corrected chi connectivity index (χ0v) is 16.6. The SMILES string of the molecule is CC(C)c1ccccc1NC(=O)CCNC(=O)C12CC3CC(CC(C3)C1)C2. The van der Waals surface area contributed by atoms with Crippen LogP contribution in [0.2, 0.25) is 0 Å². The van der Waals surface area contributed by atoms with E-state index in [0.717, 1.165) is 48.3 Å². The molecule has 0 aromatic heterocycles. The van der Waals surface area contributed by atoms with Crippen molar-refractivity contribution in [1.29, 1.82) is 0 Å². The Morgan fingerprint density at radius 2 is 1.63 bits per heavy atom. The molecule has 27 heavy (non-hydrogen) atoms. The van der Waals surface area contributed by atoms with Crippen molar-refractivity contribution in [2.24, 2.45) is 23.2 Å². The topological polar surface area (TPSA) is 58.2 Å². The summed E-state index contributed by atoms with van der Waals surface area (Å²) in [6, 6.07) is 7.93. The van der Waals surface area contributed by atoms with Crippen molar-refractivity contribution in [3.63, 3.8) is 0 Å². The number of carbonyl (C=O) groups is 2. The molecule has 4 fully saturated rings. The van der Waals surface area contributed by atoms with Crippen LogP contribution < -0.4 is 10.6 Å². The van der Waals surface area contributed by atoms with Crippen molar-refractivity contribution in [2.45, 2.75) is 64.7 Å². The fourth-order valence-electron chi connectivity index (χ4n) is 6.19. The van der Waals surface area contributed by atoms with Gasteiger partial charge in [0.2, 0.25) is 11.8 Å². The average Bonchev–Trinajstić information content (AvgIpc) is 2.60. The first-order valence-corrected chi connectivity index (χ1v) is 10.6. The van der Waals surface area contributed by atoms with Crippen LogP contribution in [0.3, 0.4) is 0 Å². The van der Waals surface area contributed by atoms with E-state index in [-0.39, 0.29) is 17.2 Å². The zero-order valence-electron chi connectivity index (χ0n) is 16.6. The Bertz CT molecular complexity index is 690. The third-order valence-electron chi connectivity index (χ3n) is 7.01.